The van der Waals surface area contributed by atoms with Crippen LogP contribution in [0, 0.1) is 0 Å². The number of furan rings is 1. The van der Waals surface area contributed by atoms with Crippen LogP contribution in [0.25, 0.3) is 10.2 Å². The number of ether oxygens (including phenoxy) is 1. The van der Waals surface area contributed by atoms with Gasteiger partial charge in [-0.05, 0) is 36.4 Å². The molecule has 6 nitrogen and oxygen atoms in total. The Morgan fingerprint density at radius 1 is 0.968 bits per heavy atom. The van der Waals surface area contributed by atoms with Crippen LogP contribution >= 0.6 is 11.3 Å². The zero-order chi connectivity index (χ0) is 21.0. The van der Waals surface area contributed by atoms with Crippen LogP contribution in [-0.4, -0.2) is 46.9 Å². The van der Waals surface area contributed by atoms with Gasteiger partial charge in [-0.25, -0.2) is 4.98 Å². The summed E-state index contributed by atoms with van der Waals surface area (Å²) in [7, 11) is 0. The largest absolute Gasteiger partial charge is 0.486 e. The molecule has 0 saturated carbocycles. The summed E-state index contributed by atoms with van der Waals surface area (Å²) in [6, 6.07) is 21.3. The summed E-state index contributed by atoms with van der Waals surface area (Å²) in [5.41, 5.74) is 1.06. The number of amides is 1. The lowest BCUT2D eigenvalue weighted by Crippen LogP contribution is -2.48. The average Bonchev–Trinajstić information content (AvgIpc) is 3.45. The Morgan fingerprint density at radius 3 is 2.55 bits per heavy atom. The van der Waals surface area contributed by atoms with E-state index in [0.29, 0.717) is 31.2 Å². The fourth-order valence-corrected chi connectivity index (χ4v) is 4.70. The predicted molar refractivity (Wildman–Crippen MR) is 120 cm³/mol. The van der Waals surface area contributed by atoms with Crippen LogP contribution in [0.5, 0.6) is 5.75 Å². The highest BCUT2D eigenvalue weighted by atomic mass is 32.1. The number of benzene rings is 2. The first-order valence-electron chi connectivity index (χ1n) is 10.4. The molecule has 0 spiro atoms. The first-order valence-corrected chi connectivity index (χ1v) is 11.2. The van der Waals surface area contributed by atoms with E-state index in [9.17, 15) is 4.79 Å². The molecule has 1 amide bonds. The Hall–Kier alpha value is -3.16. The summed E-state index contributed by atoms with van der Waals surface area (Å²) in [4.78, 5) is 21.8. The number of rotatable bonds is 6. The van der Waals surface area contributed by atoms with E-state index < -0.39 is 0 Å². The van der Waals surface area contributed by atoms with Crippen LogP contribution in [0.2, 0.25) is 0 Å². The van der Waals surface area contributed by atoms with Gasteiger partial charge in [-0.15, -0.1) is 11.3 Å². The number of piperazine rings is 1. The van der Waals surface area contributed by atoms with Gasteiger partial charge in [0.25, 0.3) is 5.91 Å². The van der Waals surface area contributed by atoms with Crippen molar-refractivity contribution in [1.29, 1.82) is 0 Å². The highest BCUT2D eigenvalue weighted by Gasteiger charge is 2.25. The smallest absolute Gasteiger partial charge is 0.289 e. The molecule has 0 bridgehead atoms. The lowest BCUT2D eigenvalue weighted by molar-refractivity contribution is 0.0594. The number of hydrogen-bond donors (Lipinski definition) is 0. The van der Waals surface area contributed by atoms with Crippen molar-refractivity contribution < 1.29 is 13.9 Å². The van der Waals surface area contributed by atoms with Gasteiger partial charge in [0.2, 0.25) is 0 Å². The van der Waals surface area contributed by atoms with Crippen LogP contribution in [-0.2, 0) is 13.2 Å². The average molecular weight is 434 g/mol. The molecule has 0 N–H and O–H groups in total. The molecule has 1 aliphatic rings. The molecule has 1 saturated heterocycles. The fraction of sp³-hybridized carbons (Fsp3) is 0.250. The van der Waals surface area contributed by atoms with E-state index in [0.717, 1.165) is 35.9 Å². The van der Waals surface area contributed by atoms with Crippen LogP contribution in [0.15, 0.2) is 71.1 Å². The summed E-state index contributed by atoms with van der Waals surface area (Å²) in [5, 5.41) is 1.12. The molecule has 2 aromatic carbocycles. The summed E-state index contributed by atoms with van der Waals surface area (Å²) >= 11 is 1.74. The first-order chi connectivity index (χ1) is 15.2. The zero-order valence-electron chi connectivity index (χ0n) is 17.1. The van der Waals surface area contributed by atoms with E-state index in [2.05, 4.69) is 17.0 Å². The maximum atomic E-state index is 12.8. The minimum atomic E-state index is -0.0643. The van der Waals surface area contributed by atoms with Crippen LogP contribution in [0.1, 0.15) is 21.3 Å². The number of carbonyl (C=O) groups is 1. The van der Waals surface area contributed by atoms with Gasteiger partial charge < -0.3 is 14.1 Å². The Kier molecular flexibility index (Phi) is 5.69. The summed E-state index contributed by atoms with van der Waals surface area (Å²) in [6.07, 6.45) is 0. The fourth-order valence-electron chi connectivity index (χ4n) is 3.69. The van der Waals surface area contributed by atoms with Crippen molar-refractivity contribution >= 4 is 27.5 Å². The lowest BCUT2D eigenvalue weighted by Gasteiger charge is -2.33. The molecule has 0 aliphatic carbocycles. The van der Waals surface area contributed by atoms with Gasteiger partial charge in [0.15, 0.2) is 5.76 Å². The maximum absolute atomic E-state index is 12.8. The van der Waals surface area contributed by atoms with Crippen molar-refractivity contribution in [3.05, 3.63) is 83.3 Å². The molecular weight excluding hydrogens is 410 g/mol. The van der Waals surface area contributed by atoms with Gasteiger partial charge in [-0.1, -0.05) is 30.3 Å². The lowest BCUT2D eigenvalue weighted by atomic mass is 10.3. The molecule has 1 aliphatic heterocycles. The van der Waals surface area contributed by atoms with Crippen molar-refractivity contribution in [2.75, 3.05) is 26.2 Å². The van der Waals surface area contributed by atoms with Crippen LogP contribution in [0.3, 0.4) is 0 Å². The Morgan fingerprint density at radius 2 is 1.74 bits per heavy atom. The van der Waals surface area contributed by atoms with Crippen LogP contribution in [0.4, 0.5) is 0 Å². The molecule has 2 aromatic heterocycles. The SMILES string of the molecule is O=C(c1ccc(COc2ccccc2)o1)N1CCN(Cc2nc3ccccc3s2)CC1. The molecule has 7 heteroatoms. The summed E-state index contributed by atoms with van der Waals surface area (Å²) in [6.45, 7) is 4.13. The van der Waals surface area contributed by atoms with Crippen molar-refractivity contribution in [3.63, 3.8) is 0 Å². The van der Waals surface area contributed by atoms with Crippen molar-refractivity contribution in [1.82, 2.24) is 14.8 Å². The van der Waals surface area contributed by atoms with E-state index in [4.69, 9.17) is 14.1 Å². The number of carbonyl (C=O) groups excluding carboxylic acids is 1. The molecule has 0 atom stereocenters. The van der Waals surface area contributed by atoms with Gasteiger partial charge in [-0.2, -0.15) is 0 Å². The number of para-hydroxylation sites is 2. The molecule has 1 fully saturated rings. The zero-order valence-corrected chi connectivity index (χ0v) is 17.9. The Labute approximate surface area is 184 Å². The first kappa shape index (κ1) is 19.8. The van der Waals surface area contributed by atoms with E-state index in [1.54, 1.807) is 23.5 Å². The Bertz CT molecular complexity index is 1130. The molecule has 0 unspecified atom stereocenters. The number of aromatic nitrogens is 1. The summed E-state index contributed by atoms with van der Waals surface area (Å²) in [5.74, 6) is 1.72. The second-order valence-corrected chi connectivity index (χ2v) is 8.63. The summed E-state index contributed by atoms with van der Waals surface area (Å²) < 4.78 is 12.6. The predicted octanol–water partition coefficient (Wildman–Crippen LogP) is 4.43. The normalized spacial score (nSPS) is 14.8. The van der Waals surface area contributed by atoms with Crippen LogP contribution < -0.4 is 4.74 Å². The van der Waals surface area contributed by atoms with Gasteiger partial charge in [0, 0.05) is 26.2 Å². The van der Waals surface area contributed by atoms with Crippen molar-refractivity contribution in [2.24, 2.45) is 0 Å². The second kappa shape index (κ2) is 8.91. The standard InChI is InChI=1S/C24H23N3O3S/c28-24(21-11-10-19(30-21)17-29-18-6-2-1-3-7-18)27-14-12-26(13-15-27)16-23-25-20-8-4-5-9-22(20)31-23/h1-11H,12-17H2. The van der Waals surface area contributed by atoms with Gasteiger partial charge >= 0.3 is 0 Å². The topological polar surface area (TPSA) is 58.8 Å². The third-order valence-electron chi connectivity index (χ3n) is 5.35. The minimum absolute atomic E-state index is 0.0643. The maximum Gasteiger partial charge on any atom is 0.289 e. The van der Waals surface area contributed by atoms with E-state index in [1.165, 1.54) is 4.70 Å². The van der Waals surface area contributed by atoms with Crippen molar-refractivity contribution in [3.8, 4) is 5.75 Å². The monoisotopic (exact) mass is 433 g/mol. The number of nitrogens with zero attached hydrogens (tertiary/aromatic N) is 3. The molecule has 5 rings (SSSR count). The molecule has 0 radical (unpaired) electrons. The number of thiazole rings is 1. The van der Waals surface area contributed by atoms with E-state index in [1.807, 2.05) is 47.4 Å². The molecule has 31 heavy (non-hydrogen) atoms. The molecule has 3 heterocycles. The third kappa shape index (κ3) is 4.62. The highest BCUT2D eigenvalue weighted by molar-refractivity contribution is 7.18. The molecular formula is C24H23N3O3S. The quantitative estimate of drug-likeness (QED) is 0.450. The van der Waals surface area contributed by atoms with Gasteiger partial charge in [-0.3, -0.25) is 9.69 Å². The van der Waals surface area contributed by atoms with E-state index >= 15 is 0 Å². The molecule has 158 valence electrons. The van der Waals surface area contributed by atoms with Gasteiger partial charge in [0.1, 0.15) is 23.1 Å². The number of fused-ring (bicyclic) bond motifs is 1. The number of hydrogen-bond acceptors (Lipinski definition) is 6. The second-order valence-electron chi connectivity index (χ2n) is 7.51. The third-order valence-corrected chi connectivity index (χ3v) is 6.37. The minimum Gasteiger partial charge on any atom is -0.486 e. The van der Waals surface area contributed by atoms with Crippen molar-refractivity contribution in [2.45, 2.75) is 13.2 Å². The van der Waals surface area contributed by atoms with Gasteiger partial charge in [0.05, 0.1) is 16.8 Å². The van der Waals surface area contributed by atoms with E-state index in [-0.39, 0.29) is 5.91 Å². The molecule has 4 aromatic rings. The Balaban J connectivity index is 1.13. The highest BCUT2D eigenvalue weighted by Crippen LogP contribution is 2.23.